The van der Waals surface area contributed by atoms with Crippen molar-refractivity contribution in [2.75, 3.05) is 30.9 Å². The number of nitrogens with zero attached hydrogens (tertiary/aromatic N) is 5. The number of hydrogen-bond donors (Lipinski definition) is 2. The molecule has 0 saturated carbocycles. The lowest BCUT2D eigenvalue weighted by Crippen LogP contribution is -2.41. The molecule has 4 heterocycles. The van der Waals surface area contributed by atoms with Crippen LogP contribution < -0.4 is 10.6 Å². The van der Waals surface area contributed by atoms with Crippen molar-refractivity contribution in [3.63, 3.8) is 0 Å². The minimum absolute atomic E-state index is 0.0278. The standard InChI is InChI=1S/C22H29N7O.C3H6F2/c1-14(2)24-17-6-7-18(25-15(17)3)16-8-11-29-19(16)20(23-5)26-21(28-29)27-22(4)9-12-30-13-10-22;1-2-3(4)5/h6-8,11H,9-10,12-13H2,1-5H3,(H2,23,26,27,28);3H,2H2,1H3. The summed E-state index contributed by atoms with van der Waals surface area (Å²) in [4.78, 5) is 14.1. The molecule has 3 aromatic heterocycles. The Morgan fingerprint density at radius 3 is 2.46 bits per heavy atom. The molecule has 10 heteroatoms. The minimum atomic E-state index is -2.12. The van der Waals surface area contributed by atoms with Gasteiger partial charge in [0.05, 0.1) is 17.1 Å². The topological polar surface area (TPSA) is 88.7 Å². The molecule has 4 rings (SSSR count). The smallest absolute Gasteiger partial charge is 0.243 e. The molecule has 8 nitrogen and oxygen atoms in total. The average Bonchev–Trinajstić information content (AvgIpc) is 3.24. The molecule has 1 saturated heterocycles. The zero-order valence-corrected chi connectivity index (χ0v) is 21.3. The summed E-state index contributed by atoms with van der Waals surface area (Å²) >= 11 is 0. The van der Waals surface area contributed by atoms with Crippen LogP contribution in [-0.2, 0) is 4.74 Å². The highest BCUT2D eigenvalue weighted by atomic mass is 19.3. The van der Waals surface area contributed by atoms with Gasteiger partial charge in [-0.2, -0.15) is 4.98 Å². The lowest BCUT2D eigenvalue weighted by atomic mass is 9.93. The summed E-state index contributed by atoms with van der Waals surface area (Å²) in [5.41, 5.74) is 5.48. The SMILES string of the molecule is CCC(F)F.CNc1nc(NC2(C)CCOCC2)nn2ccc(-c3ccc(N=C(C)C)c(C)n3)c12. The van der Waals surface area contributed by atoms with E-state index in [4.69, 9.17) is 19.8 Å². The number of nitrogens with one attached hydrogen (secondary N) is 2. The van der Waals surface area contributed by atoms with Gasteiger partial charge in [-0.25, -0.2) is 13.3 Å². The lowest BCUT2D eigenvalue weighted by molar-refractivity contribution is 0.0655. The first-order valence-electron chi connectivity index (χ1n) is 11.9. The van der Waals surface area contributed by atoms with E-state index < -0.39 is 6.43 Å². The Balaban J connectivity index is 0.000000623. The number of aryl methyl sites for hydroxylation is 1. The van der Waals surface area contributed by atoms with E-state index in [-0.39, 0.29) is 12.0 Å². The molecule has 2 N–H and O–H groups in total. The Morgan fingerprint density at radius 1 is 1.20 bits per heavy atom. The van der Waals surface area contributed by atoms with Gasteiger partial charge >= 0.3 is 0 Å². The van der Waals surface area contributed by atoms with E-state index >= 15 is 0 Å². The maximum atomic E-state index is 10.8. The monoisotopic (exact) mass is 487 g/mol. The second-order valence-electron chi connectivity index (χ2n) is 9.01. The summed E-state index contributed by atoms with van der Waals surface area (Å²) < 4.78 is 28.9. The van der Waals surface area contributed by atoms with Gasteiger partial charge in [0.1, 0.15) is 5.52 Å². The van der Waals surface area contributed by atoms with Crippen LogP contribution in [-0.4, -0.2) is 57.5 Å². The fourth-order valence-electron chi connectivity index (χ4n) is 3.74. The quantitative estimate of drug-likeness (QED) is 0.421. The molecule has 1 aliphatic heterocycles. The van der Waals surface area contributed by atoms with Crippen molar-refractivity contribution in [2.45, 2.75) is 65.8 Å². The molecule has 0 aliphatic carbocycles. The number of ether oxygens (including phenoxy) is 1. The zero-order chi connectivity index (χ0) is 25.6. The third kappa shape index (κ3) is 6.72. The zero-order valence-electron chi connectivity index (χ0n) is 21.3. The molecule has 1 fully saturated rings. The number of anilines is 2. The van der Waals surface area contributed by atoms with E-state index in [1.807, 2.05) is 56.7 Å². The minimum Gasteiger partial charge on any atom is -0.381 e. The van der Waals surface area contributed by atoms with Gasteiger partial charge in [-0.3, -0.25) is 9.98 Å². The van der Waals surface area contributed by atoms with Crippen LogP contribution in [0, 0.1) is 6.92 Å². The highest BCUT2D eigenvalue weighted by Crippen LogP contribution is 2.32. The number of pyridine rings is 1. The summed E-state index contributed by atoms with van der Waals surface area (Å²) in [5.74, 6) is 1.36. The van der Waals surface area contributed by atoms with Crippen molar-refractivity contribution < 1.29 is 13.5 Å². The van der Waals surface area contributed by atoms with Crippen molar-refractivity contribution in [1.82, 2.24) is 19.6 Å². The van der Waals surface area contributed by atoms with Crippen molar-refractivity contribution in [3.8, 4) is 11.3 Å². The van der Waals surface area contributed by atoms with E-state index in [9.17, 15) is 8.78 Å². The Morgan fingerprint density at radius 2 is 1.89 bits per heavy atom. The predicted octanol–water partition coefficient (Wildman–Crippen LogP) is 5.90. The van der Waals surface area contributed by atoms with Crippen LogP contribution in [0.5, 0.6) is 0 Å². The van der Waals surface area contributed by atoms with E-state index in [1.54, 1.807) is 0 Å². The van der Waals surface area contributed by atoms with Crippen LogP contribution in [0.4, 0.5) is 26.2 Å². The lowest BCUT2D eigenvalue weighted by Gasteiger charge is -2.34. The predicted molar refractivity (Wildman–Crippen MR) is 137 cm³/mol. The van der Waals surface area contributed by atoms with Crippen molar-refractivity contribution in [3.05, 3.63) is 30.1 Å². The Kier molecular flexibility index (Phi) is 8.71. The van der Waals surface area contributed by atoms with Crippen LogP contribution in [0.3, 0.4) is 0 Å². The number of rotatable bonds is 6. The van der Waals surface area contributed by atoms with Gasteiger partial charge in [0.15, 0.2) is 5.82 Å². The summed E-state index contributed by atoms with van der Waals surface area (Å²) in [7, 11) is 1.87. The Bertz CT molecular complexity index is 1170. The molecule has 0 spiro atoms. The molecule has 0 unspecified atom stereocenters. The second kappa shape index (κ2) is 11.5. The van der Waals surface area contributed by atoms with Gasteiger partial charge in [0, 0.05) is 49.7 Å². The normalized spacial score (nSPS) is 14.9. The molecule has 0 radical (unpaired) electrons. The summed E-state index contributed by atoms with van der Waals surface area (Å²) in [6.07, 6.45) is 1.66. The molecule has 35 heavy (non-hydrogen) atoms. The number of aromatic nitrogens is 4. The van der Waals surface area contributed by atoms with Crippen LogP contribution in [0.2, 0.25) is 0 Å². The van der Waals surface area contributed by atoms with E-state index in [0.29, 0.717) is 5.95 Å². The first-order chi connectivity index (χ1) is 16.7. The highest BCUT2D eigenvalue weighted by molar-refractivity contribution is 5.88. The van der Waals surface area contributed by atoms with Crippen LogP contribution in [0.1, 0.15) is 52.7 Å². The Hall–Kier alpha value is -3.14. The fraction of sp³-hybridized carbons (Fsp3) is 0.520. The molecular weight excluding hydrogens is 452 g/mol. The molecule has 1 aliphatic rings. The first kappa shape index (κ1) is 26.5. The van der Waals surface area contributed by atoms with Gasteiger partial charge in [-0.15, -0.1) is 5.10 Å². The molecule has 0 atom stereocenters. The first-order valence-corrected chi connectivity index (χ1v) is 11.9. The molecule has 190 valence electrons. The van der Waals surface area contributed by atoms with E-state index in [2.05, 4.69) is 22.5 Å². The van der Waals surface area contributed by atoms with Gasteiger partial charge in [0.25, 0.3) is 0 Å². The average molecular weight is 488 g/mol. The number of aliphatic imine (C=N–C) groups is 1. The van der Waals surface area contributed by atoms with Crippen LogP contribution in [0.25, 0.3) is 16.8 Å². The number of hydrogen-bond acceptors (Lipinski definition) is 7. The maximum Gasteiger partial charge on any atom is 0.243 e. The molecule has 0 amide bonds. The number of alkyl halides is 2. The van der Waals surface area contributed by atoms with E-state index in [0.717, 1.165) is 65.7 Å². The highest BCUT2D eigenvalue weighted by Gasteiger charge is 2.28. The van der Waals surface area contributed by atoms with Crippen molar-refractivity contribution in [2.24, 2.45) is 4.99 Å². The van der Waals surface area contributed by atoms with Crippen molar-refractivity contribution in [1.29, 1.82) is 0 Å². The van der Waals surface area contributed by atoms with Gasteiger partial charge in [-0.05, 0) is 58.7 Å². The summed E-state index contributed by atoms with van der Waals surface area (Å²) in [6.45, 7) is 11.1. The summed E-state index contributed by atoms with van der Waals surface area (Å²) in [5, 5.41) is 11.4. The van der Waals surface area contributed by atoms with Crippen LogP contribution >= 0.6 is 0 Å². The fourth-order valence-corrected chi connectivity index (χ4v) is 3.74. The number of halogens is 2. The maximum absolute atomic E-state index is 10.8. The number of fused-ring (bicyclic) bond motifs is 1. The molecule has 0 aromatic carbocycles. The third-order valence-electron chi connectivity index (χ3n) is 5.74. The van der Waals surface area contributed by atoms with Gasteiger partial charge in [-0.1, -0.05) is 6.92 Å². The van der Waals surface area contributed by atoms with Crippen molar-refractivity contribution >= 4 is 28.7 Å². The van der Waals surface area contributed by atoms with Crippen LogP contribution in [0.15, 0.2) is 29.4 Å². The third-order valence-corrected chi connectivity index (χ3v) is 5.74. The Labute approximate surface area is 205 Å². The molecule has 3 aromatic rings. The second-order valence-corrected chi connectivity index (χ2v) is 9.01. The van der Waals surface area contributed by atoms with Gasteiger partial charge in [0.2, 0.25) is 12.4 Å². The molecule has 0 bridgehead atoms. The summed E-state index contributed by atoms with van der Waals surface area (Å²) in [6, 6.07) is 6.04. The molecular formula is C25H35F2N7O. The van der Waals surface area contributed by atoms with E-state index in [1.165, 1.54) is 6.92 Å². The van der Waals surface area contributed by atoms with Gasteiger partial charge < -0.3 is 15.4 Å². The largest absolute Gasteiger partial charge is 0.381 e.